The van der Waals surface area contributed by atoms with Crippen LogP contribution < -0.4 is 15.4 Å². The first-order valence-corrected chi connectivity index (χ1v) is 9.65. The maximum atomic E-state index is 5.68. The van der Waals surface area contributed by atoms with E-state index >= 15 is 0 Å². The zero-order valence-electron chi connectivity index (χ0n) is 16.7. The average molecular weight is 498 g/mol. The maximum Gasteiger partial charge on any atom is 0.191 e. The summed E-state index contributed by atoms with van der Waals surface area (Å²) in [5, 5.41) is 6.85. The van der Waals surface area contributed by atoms with Gasteiger partial charge in [-0.15, -0.1) is 24.0 Å². The molecule has 1 aromatic carbocycles. The first kappa shape index (κ1) is 22.5. The second kappa shape index (κ2) is 12.0. The largest absolute Gasteiger partial charge is 0.497 e. The lowest BCUT2D eigenvalue weighted by Crippen LogP contribution is -2.43. The highest BCUT2D eigenvalue weighted by atomic mass is 127. The van der Waals surface area contributed by atoms with Crippen LogP contribution in [-0.2, 0) is 6.42 Å². The summed E-state index contributed by atoms with van der Waals surface area (Å²) in [5.41, 5.74) is 1.27. The van der Waals surface area contributed by atoms with Crippen molar-refractivity contribution in [3.63, 3.8) is 0 Å². The number of ether oxygens (including phenoxy) is 1. The van der Waals surface area contributed by atoms with Crippen LogP contribution in [0.2, 0.25) is 0 Å². The number of aliphatic imine (C=N–C) groups is 1. The van der Waals surface area contributed by atoms with Gasteiger partial charge in [0.15, 0.2) is 5.96 Å². The van der Waals surface area contributed by atoms with Crippen LogP contribution in [0.3, 0.4) is 0 Å². The summed E-state index contributed by atoms with van der Waals surface area (Å²) in [6.07, 6.45) is 5.19. The standard InChI is InChI=1S/C21H30N4O2.HI/c1-22-21(23-12-11-17-7-9-18(26-2)10-8-17)24-16-19(20-6-5-15-27-20)25-13-3-4-14-25;/h5-10,15,19H,3-4,11-14,16H2,1-2H3,(H2,22,23,24);1H. The van der Waals surface area contributed by atoms with E-state index in [1.807, 2.05) is 18.2 Å². The molecule has 1 saturated heterocycles. The number of hydrogen-bond acceptors (Lipinski definition) is 4. The molecule has 2 N–H and O–H groups in total. The van der Waals surface area contributed by atoms with Crippen molar-refractivity contribution in [3.8, 4) is 5.75 Å². The van der Waals surface area contributed by atoms with Gasteiger partial charge >= 0.3 is 0 Å². The van der Waals surface area contributed by atoms with E-state index < -0.39 is 0 Å². The van der Waals surface area contributed by atoms with Crippen LogP contribution in [0.1, 0.15) is 30.2 Å². The smallest absolute Gasteiger partial charge is 0.191 e. The van der Waals surface area contributed by atoms with E-state index in [1.165, 1.54) is 18.4 Å². The van der Waals surface area contributed by atoms with E-state index in [9.17, 15) is 0 Å². The molecule has 0 saturated carbocycles. The molecule has 1 fully saturated rings. The predicted octanol–water partition coefficient (Wildman–Crippen LogP) is 3.45. The number of nitrogens with one attached hydrogen (secondary N) is 2. The quantitative estimate of drug-likeness (QED) is 0.332. The lowest BCUT2D eigenvalue weighted by molar-refractivity contribution is 0.215. The Labute approximate surface area is 184 Å². The molecule has 0 spiro atoms. The average Bonchev–Trinajstić information content (AvgIpc) is 3.42. The highest BCUT2D eigenvalue weighted by Gasteiger charge is 2.25. The predicted molar refractivity (Wildman–Crippen MR) is 124 cm³/mol. The molecular formula is C21H31IN4O2. The van der Waals surface area contributed by atoms with Gasteiger partial charge in [-0.1, -0.05) is 12.1 Å². The van der Waals surface area contributed by atoms with Gasteiger partial charge in [0.2, 0.25) is 0 Å². The number of halogens is 1. The van der Waals surface area contributed by atoms with Crippen LogP contribution in [0.5, 0.6) is 5.75 Å². The first-order chi connectivity index (χ1) is 13.3. The Kier molecular flexibility index (Phi) is 9.63. The summed E-state index contributed by atoms with van der Waals surface area (Å²) in [5.74, 6) is 2.72. The van der Waals surface area contributed by atoms with Crippen LogP contribution in [0, 0.1) is 0 Å². The van der Waals surface area contributed by atoms with Crippen LogP contribution in [-0.4, -0.2) is 51.2 Å². The van der Waals surface area contributed by atoms with E-state index in [2.05, 4.69) is 38.7 Å². The maximum absolute atomic E-state index is 5.68. The SMILES string of the molecule is CN=C(NCCc1ccc(OC)cc1)NCC(c1ccco1)N1CCCC1.I. The summed E-state index contributed by atoms with van der Waals surface area (Å²) in [6, 6.07) is 12.4. The van der Waals surface area contributed by atoms with Crippen molar-refractivity contribution in [3.05, 3.63) is 54.0 Å². The number of furan rings is 1. The highest BCUT2D eigenvalue weighted by molar-refractivity contribution is 14.0. The van der Waals surface area contributed by atoms with Crippen molar-refractivity contribution in [2.24, 2.45) is 4.99 Å². The van der Waals surface area contributed by atoms with Crippen molar-refractivity contribution in [2.75, 3.05) is 40.3 Å². The third kappa shape index (κ3) is 6.41. The van der Waals surface area contributed by atoms with E-state index in [4.69, 9.17) is 9.15 Å². The number of benzene rings is 1. The summed E-state index contributed by atoms with van der Waals surface area (Å²) in [6.45, 7) is 3.84. The van der Waals surface area contributed by atoms with E-state index in [1.54, 1.807) is 20.4 Å². The van der Waals surface area contributed by atoms with Gasteiger partial charge in [0.25, 0.3) is 0 Å². The molecule has 28 heavy (non-hydrogen) atoms. The van der Waals surface area contributed by atoms with Crippen molar-refractivity contribution in [2.45, 2.75) is 25.3 Å². The highest BCUT2D eigenvalue weighted by Crippen LogP contribution is 2.24. The second-order valence-corrected chi connectivity index (χ2v) is 6.75. The fraction of sp³-hybridized carbons (Fsp3) is 0.476. The summed E-state index contributed by atoms with van der Waals surface area (Å²) in [4.78, 5) is 6.83. The van der Waals surface area contributed by atoms with Crippen LogP contribution in [0.15, 0.2) is 52.1 Å². The number of hydrogen-bond donors (Lipinski definition) is 2. The lowest BCUT2D eigenvalue weighted by Gasteiger charge is -2.26. The van der Waals surface area contributed by atoms with Gasteiger partial charge in [0.1, 0.15) is 11.5 Å². The first-order valence-electron chi connectivity index (χ1n) is 9.65. The molecule has 0 amide bonds. The second-order valence-electron chi connectivity index (χ2n) is 6.75. The molecule has 1 aromatic heterocycles. The summed E-state index contributed by atoms with van der Waals surface area (Å²) < 4.78 is 10.9. The molecule has 1 unspecified atom stereocenters. The van der Waals surface area contributed by atoms with E-state index in [0.29, 0.717) is 0 Å². The topological polar surface area (TPSA) is 62.0 Å². The Morgan fingerprint density at radius 1 is 1.18 bits per heavy atom. The molecule has 1 aliphatic heterocycles. The minimum Gasteiger partial charge on any atom is -0.497 e. The Morgan fingerprint density at radius 3 is 2.54 bits per heavy atom. The molecule has 0 bridgehead atoms. The van der Waals surface area contributed by atoms with Gasteiger partial charge in [0, 0.05) is 20.1 Å². The number of rotatable bonds is 8. The minimum absolute atomic E-state index is 0. The Balaban J connectivity index is 0.00000280. The molecule has 1 aliphatic rings. The normalized spacial score (nSPS) is 15.7. The molecule has 6 nitrogen and oxygen atoms in total. The van der Waals surface area contributed by atoms with Crippen LogP contribution in [0.25, 0.3) is 0 Å². The number of likely N-dealkylation sites (tertiary alicyclic amines) is 1. The number of methoxy groups -OCH3 is 1. The third-order valence-electron chi connectivity index (χ3n) is 5.00. The van der Waals surface area contributed by atoms with Gasteiger partial charge in [-0.2, -0.15) is 0 Å². The van der Waals surface area contributed by atoms with Crippen molar-refractivity contribution in [1.29, 1.82) is 0 Å². The molecule has 1 atom stereocenters. The fourth-order valence-corrected chi connectivity index (χ4v) is 3.48. The van der Waals surface area contributed by atoms with Crippen molar-refractivity contribution >= 4 is 29.9 Å². The van der Waals surface area contributed by atoms with Crippen molar-refractivity contribution < 1.29 is 9.15 Å². The van der Waals surface area contributed by atoms with Gasteiger partial charge in [-0.3, -0.25) is 9.89 Å². The molecule has 0 aliphatic carbocycles. The monoisotopic (exact) mass is 498 g/mol. The van der Waals surface area contributed by atoms with Crippen LogP contribution >= 0.6 is 24.0 Å². The molecular weight excluding hydrogens is 467 g/mol. The zero-order valence-corrected chi connectivity index (χ0v) is 19.0. The van der Waals surface area contributed by atoms with Crippen LogP contribution in [0.4, 0.5) is 0 Å². The van der Waals surface area contributed by atoms with E-state index in [-0.39, 0.29) is 30.0 Å². The van der Waals surface area contributed by atoms with Crippen molar-refractivity contribution in [1.82, 2.24) is 15.5 Å². The fourth-order valence-electron chi connectivity index (χ4n) is 3.48. The van der Waals surface area contributed by atoms with E-state index in [0.717, 1.165) is 50.1 Å². The van der Waals surface area contributed by atoms with Gasteiger partial charge in [-0.05, 0) is 62.2 Å². The molecule has 2 heterocycles. The third-order valence-corrected chi connectivity index (χ3v) is 5.00. The Bertz CT molecular complexity index is 698. The number of guanidine groups is 1. The Morgan fingerprint density at radius 2 is 1.93 bits per heavy atom. The number of nitrogens with zero attached hydrogens (tertiary/aromatic N) is 2. The Hall–Kier alpha value is -1.74. The molecule has 7 heteroatoms. The van der Waals surface area contributed by atoms with Gasteiger partial charge < -0.3 is 19.8 Å². The molecule has 3 rings (SSSR count). The summed E-state index contributed by atoms with van der Waals surface area (Å²) >= 11 is 0. The molecule has 2 aromatic rings. The van der Waals surface area contributed by atoms with Gasteiger partial charge in [-0.25, -0.2) is 0 Å². The zero-order chi connectivity index (χ0) is 18.9. The minimum atomic E-state index is 0. The lowest BCUT2D eigenvalue weighted by atomic mass is 10.1. The van der Waals surface area contributed by atoms with Gasteiger partial charge in [0.05, 0.1) is 19.4 Å². The molecule has 0 radical (unpaired) electrons. The molecule has 154 valence electrons. The summed E-state index contributed by atoms with van der Waals surface area (Å²) in [7, 11) is 3.49.